The molecule has 1 aromatic carbocycles. The molecule has 2 N–H and O–H groups in total. The van der Waals surface area contributed by atoms with Crippen LogP contribution in [0, 0.1) is 11.6 Å². The van der Waals surface area contributed by atoms with Crippen LogP contribution in [0.5, 0.6) is 0 Å². The fourth-order valence-corrected chi connectivity index (χ4v) is 1.74. The van der Waals surface area contributed by atoms with Gasteiger partial charge in [0, 0.05) is 16.7 Å². The molecule has 21 heavy (non-hydrogen) atoms. The molecule has 0 saturated heterocycles. The molecule has 0 aliphatic carbocycles. The number of hydrogen-bond acceptors (Lipinski definition) is 3. The van der Waals surface area contributed by atoms with Crippen molar-refractivity contribution in [2.45, 2.75) is 0 Å². The van der Waals surface area contributed by atoms with Gasteiger partial charge < -0.3 is 10.4 Å². The van der Waals surface area contributed by atoms with Gasteiger partial charge in [0.25, 0.3) is 5.91 Å². The molecule has 5 nitrogen and oxygen atoms in total. The van der Waals surface area contributed by atoms with E-state index in [4.69, 9.17) is 5.11 Å². The maximum Gasteiger partial charge on any atom is 0.338 e. The van der Waals surface area contributed by atoms with Crippen LogP contribution in [0.2, 0.25) is 0 Å². The zero-order chi connectivity index (χ0) is 15.6. The topological polar surface area (TPSA) is 79.3 Å². The molecule has 1 aromatic heterocycles. The second kappa shape index (κ2) is 5.96. The number of hydrogen-bond donors (Lipinski definition) is 2. The van der Waals surface area contributed by atoms with Gasteiger partial charge in [-0.15, -0.1) is 0 Å². The number of rotatable bonds is 3. The Labute approximate surface area is 125 Å². The average Bonchev–Trinajstić information content (AvgIpc) is 2.42. The third kappa shape index (κ3) is 3.40. The number of nitrogens with one attached hydrogen (secondary N) is 1. The number of halogens is 3. The second-order valence-electron chi connectivity index (χ2n) is 3.93. The van der Waals surface area contributed by atoms with Crippen molar-refractivity contribution in [3.63, 3.8) is 0 Å². The fourth-order valence-electron chi connectivity index (χ4n) is 1.51. The normalized spacial score (nSPS) is 10.2. The third-order valence-electron chi connectivity index (χ3n) is 2.50. The van der Waals surface area contributed by atoms with Crippen LogP contribution < -0.4 is 5.32 Å². The molecule has 8 heteroatoms. The molecule has 0 saturated carbocycles. The van der Waals surface area contributed by atoms with Gasteiger partial charge in [-0.25, -0.2) is 18.6 Å². The number of benzene rings is 1. The summed E-state index contributed by atoms with van der Waals surface area (Å²) in [6, 6.07) is 4.06. The Balaban J connectivity index is 2.30. The number of aromatic carboxylic acids is 1. The van der Waals surface area contributed by atoms with Crippen LogP contribution in [-0.4, -0.2) is 22.0 Å². The highest BCUT2D eigenvalue weighted by atomic mass is 79.9. The van der Waals surface area contributed by atoms with Gasteiger partial charge in [-0.3, -0.25) is 4.79 Å². The van der Waals surface area contributed by atoms with Crippen molar-refractivity contribution in [2.75, 3.05) is 5.32 Å². The van der Waals surface area contributed by atoms with Crippen molar-refractivity contribution in [1.82, 2.24) is 4.98 Å². The summed E-state index contributed by atoms with van der Waals surface area (Å²) < 4.78 is 27.4. The third-order valence-corrected chi connectivity index (χ3v) is 2.96. The van der Waals surface area contributed by atoms with E-state index in [2.05, 4.69) is 26.2 Å². The Morgan fingerprint density at radius 3 is 2.48 bits per heavy atom. The maximum absolute atomic E-state index is 13.6. The van der Waals surface area contributed by atoms with E-state index >= 15 is 0 Å². The Bertz CT molecular complexity index is 720. The summed E-state index contributed by atoms with van der Waals surface area (Å²) in [5.74, 6) is -4.61. The molecule has 1 heterocycles. The Hall–Kier alpha value is -2.35. The zero-order valence-electron chi connectivity index (χ0n) is 10.2. The molecule has 2 rings (SSSR count). The van der Waals surface area contributed by atoms with Crippen LogP contribution >= 0.6 is 15.9 Å². The van der Waals surface area contributed by atoms with Gasteiger partial charge in [0.15, 0.2) is 0 Å². The molecule has 0 spiro atoms. The summed E-state index contributed by atoms with van der Waals surface area (Å²) >= 11 is 3.15. The fraction of sp³-hybridized carbons (Fsp3) is 0. The van der Waals surface area contributed by atoms with Crippen molar-refractivity contribution in [3.05, 3.63) is 57.8 Å². The summed E-state index contributed by atoms with van der Waals surface area (Å²) in [7, 11) is 0. The molecular formula is C13H7BrF2N2O3. The number of carbonyl (C=O) groups excluding carboxylic acids is 1. The monoisotopic (exact) mass is 356 g/mol. The number of carboxylic acids is 1. The highest BCUT2D eigenvalue weighted by molar-refractivity contribution is 9.10. The van der Waals surface area contributed by atoms with E-state index < -0.39 is 34.8 Å². The van der Waals surface area contributed by atoms with Gasteiger partial charge >= 0.3 is 5.97 Å². The van der Waals surface area contributed by atoms with E-state index in [1.54, 1.807) is 6.07 Å². The van der Waals surface area contributed by atoms with Gasteiger partial charge in [-0.1, -0.05) is 0 Å². The van der Waals surface area contributed by atoms with E-state index in [0.717, 1.165) is 0 Å². The number of carboxylic acid groups (broad SMARTS) is 1. The SMILES string of the molecule is O=C(Nc1cc(C(=O)O)c(F)cc1F)c1ccc(Br)cn1. The number of amides is 1. The molecular weight excluding hydrogens is 350 g/mol. The summed E-state index contributed by atoms with van der Waals surface area (Å²) in [6.07, 6.45) is 1.37. The molecule has 0 fully saturated rings. The maximum atomic E-state index is 13.6. The number of nitrogens with zero attached hydrogens (tertiary/aromatic N) is 1. The molecule has 0 aliphatic rings. The number of pyridine rings is 1. The molecule has 0 atom stereocenters. The lowest BCUT2D eigenvalue weighted by Gasteiger charge is -2.08. The molecule has 0 bridgehead atoms. The first-order valence-electron chi connectivity index (χ1n) is 5.53. The standard InChI is InChI=1S/C13H7BrF2N2O3/c14-6-1-2-10(17-5-6)12(19)18-11-3-7(13(20)21)8(15)4-9(11)16/h1-5H,(H,18,19)(H,20,21). The highest BCUT2D eigenvalue weighted by Gasteiger charge is 2.17. The predicted octanol–water partition coefficient (Wildman–Crippen LogP) is 3.07. The number of anilines is 1. The first kappa shape index (κ1) is 15.0. The van der Waals surface area contributed by atoms with Crippen LogP contribution in [0.1, 0.15) is 20.8 Å². The van der Waals surface area contributed by atoms with Crippen LogP contribution in [0.25, 0.3) is 0 Å². The Kier molecular flexibility index (Phi) is 4.27. The molecule has 0 unspecified atom stereocenters. The lowest BCUT2D eigenvalue weighted by atomic mass is 10.1. The van der Waals surface area contributed by atoms with Crippen LogP contribution in [0.3, 0.4) is 0 Å². The average molecular weight is 357 g/mol. The summed E-state index contributed by atoms with van der Waals surface area (Å²) in [6.45, 7) is 0. The van der Waals surface area contributed by atoms with E-state index in [1.807, 2.05) is 0 Å². The van der Waals surface area contributed by atoms with Crippen molar-refractivity contribution < 1.29 is 23.5 Å². The Morgan fingerprint density at radius 2 is 1.90 bits per heavy atom. The van der Waals surface area contributed by atoms with Crippen LogP contribution in [0.15, 0.2) is 34.9 Å². The van der Waals surface area contributed by atoms with Gasteiger partial charge in [0.05, 0.1) is 11.3 Å². The highest BCUT2D eigenvalue weighted by Crippen LogP contribution is 2.20. The smallest absolute Gasteiger partial charge is 0.338 e. The first-order valence-corrected chi connectivity index (χ1v) is 6.33. The quantitative estimate of drug-likeness (QED) is 0.885. The largest absolute Gasteiger partial charge is 0.478 e. The van der Waals surface area contributed by atoms with E-state index in [0.29, 0.717) is 16.6 Å². The summed E-state index contributed by atoms with van der Waals surface area (Å²) in [5, 5.41) is 10.9. The lowest BCUT2D eigenvalue weighted by Crippen LogP contribution is -2.15. The lowest BCUT2D eigenvalue weighted by molar-refractivity contribution is 0.0691. The van der Waals surface area contributed by atoms with Gasteiger partial charge in [-0.05, 0) is 34.1 Å². The van der Waals surface area contributed by atoms with Crippen molar-refractivity contribution in [3.8, 4) is 0 Å². The van der Waals surface area contributed by atoms with Crippen LogP contribution in [-0.2, 0) is 0 Å². The number of aromatic nitrogens is 1. The van der Waals surface area contributed by atoms with Crippen molar-refractivity contribution >= 4 is 33.5 Å². The minimum Gasteiger partial charge on any atom is -0.478 e. The van der Waals surface area contributed by atoms with Gasteiger partial charge in [0.1, 0.15) is 17.3 Å². The number of carbonyl (C=O) groups is 2. The second-order valence-corrected chi connectivity index (χ2v) is 4.85. The summed E-state index contributed by atoms with van der Waals surface area (Å²) in [4.78, 5) is 26.4. The summed E-state index contributed by atoms with van der Waals surface area (Å²) in [5.41, 5.74) is -1.18. The molecule has 1 amide bonds. The molecule has 0 radical (unpaired) electrons. The van der Waals surface area contributed by atoms with Crippen molar-refractivity contribution in [2.24, 2.45) is 0 Å². The first-order chi connectivity index (χ1) is 9.88. The molecule has 2 aromatic rings. The predicted molar refractivity (Wildman–Crippen MR) is 73.2 cm³/mol. The van der Waals surface area contributed by atoms with Gasteiger partial charge in [-0.2, -0.15) is 0 Å². The van der Waals surface area contributed by atoms with E-state index in [9.17, 15) is 18.4 Å². The minimum atomic E-state index is -1.57. The zero-order valence-corrected chi connectivity index (χ0v) is 11.8. The van der Waals surface area contributed by atoms with Crippen molar-refractivity contribution in [1.29, 1.82) is 0 Å². The Morgan fingerprint density at radius 1 is 1.19 bits per heavy atom. The minimum absolute atomic E-state index is 0.00111. The molecule has 108 valence electrons. The van der Waals surface area contributed by atoms with Gasteiger partial charge in [0.2, 0.25) is 0 Å². The van der Waals surface area contributed by atoms with E-state index in [-0.39, 0.29) is 5.69 Å². The van der Waals surface area contributed by atoms with E-state index in [1.165, 1.54) is 12.3 Å². The molecule has 0 aliphatic heterocycles. The van der Waals surface area contributed by atoms with Crippen LogP contribution in [0.4, 0.5) is 14.5 Å².